The van der Waals surface area contributed by atoms with Gasteiger partial charge in [-0.2, -0.15) is 0 Å². The van der Waals surface area contributed by atoms with Crippen molar-refractivity contribution in [1.82, 2.24) is 5.32 Å². The third-order valence-corrected chi connectivity index (χ3v) is 2.76. The third-order valence-electron chi connectivity index (χ3n) is 2.39. The smallest absolute Gasteiger partial charge is 0.282 e. The average molecular weight is 240 g/mol. The second-order valence-corrected chi connectivity index (χ2v) is 4.06. The van der Waals surface area contributed by atoms with Gasteiger partial charge in [-0.05, 0) is 11.6 Å². The van der Waals surface area contributed by atoms with Crippen molar-refractivity contribution in [2.24, 2.45) is 10.7 Å². The number of halogens is 1. The van der Waals surface area contributed by atoms with Crippen LogP contribution in [0.2, 0.25) is 5.02 Å². The molecule has 0 fully saturated rings. The van der Waals surface area contributed by atoms with Gasteiger partial charge in [-0.1, -0.05) is 29.8 Å². The lowest BCUT2D eigenvalue weighted by Gasteiger charge is -2.08. The van der Waals surface area contributed by atoms with E-state index in [9.17, 15) is 0 Å². The van der Waals surface area contributed by atoms with E-state index in [1.807, 2.05) is 24.3 Å². The molecule has 0 bridgehead atoms. The predicted octanol–water partition coefficient (Wildman–Crippen LogP) is 1.14. The number of ether oxygens (including phenoxy) is 1. The normalized spacial score (nSPS) is 19.3. The Balaban J connectivity index is 1.78. The Labute approximate surface area is 99.5 Å². The number of hydrogen-bond acceptors (Lipinski definition) is 4. The summed E-state index contributed by atoms with van der Waals surface area (Å²) < 4.78 is 5.05. The Kier molecular flexibility index (Phi) is 3.64. The fourth-order valence-electron chi connectivity index (χ4n) is 1.56. The molecule has 5 heteroatoms. The molecule has 0 radical (unpaired) electrons. The standard InChI is InChI=1S/C11H14ClN3O/c12-10-4-2-1-3-8(10)5-14-6-9-7-16-11(13)15-9/h1-4,9,14H,5-7H2,(H2,13,15)/t9-/m0/s1. The molecule has 86 valence electrons. The molecule has 1 atom stereocenters. The zero-order valence-corrected chi connectivity index (χ0v) is 9.57. The summed E-state index contributed by atoms with van der Waals surface area (Å²) in [5.74, 6) is 0. The largest absolute Gasteiger partial charge is 0.463 e. The Bertz CT molecular complexity index is 395. The van der Waals surface area contributed by atoms with Gasteiger partial charge in [-0.3, -0.25) is 0 Å². The summed E-state index contributed by atoms with van der Waals surface area (Å²) in [7, 11) is 0. The minimum Gasteiger partial charge on any atom is -0.463 e. The Morgan fingerprint density at radius 2 is 2.31 bits per heavy atom. The fourth-order valence-corrected chi connectivity index (χ4v) is 1.76. The van der Waals surface area contributed by atoms with Crippen molar-refractivity contribution in [3.63, 3.8) is 0 Å². The maximum atomic E-state index is 6.03. The van der Waals surface area contributed by atoms with E-state index in [0.717, 1.165) is 23.7 Å². The van der Waals surface area contributed by atoms with Crippen molar-refractivity contribution >= 4 is 17.6 Å². The van der Waals surface area contributed by atoms with Gasteiger partial charge in [0, 0.05) is 18.1 Å². The van der Waals surface area contributed by atoms with E-state index >= 15 is 0 Å². The number of benzene rings is 1. The van der Waals surface area contributed by atoms with E-state index in [2.05, 4.69) is 10.3 Å². The first-order valence-corrected chi connectivity index (χ1v) is 5.53. The first-order chi connectivity index (χ1) is 7.75. The monoisotopic (exact) mass is 239 g/mol. The summed E-state index contributed by atoms with van der Waals surface area (Å²) >= 11 is 6.03. The quantitative estimate of drug-likeness (QED) is 0.829. The fraction of sp³-hybridized carbons (Fsp3) is 0.364. The van der Waals surface area contributed by atoms with Gasteiger partial charge in [-0.15, -0.1) is 0 Å². The topological polar surface area (TPSA) is 59.6 Å². The molecule has 0 saturated carbocycles. The van der Waals surface area contributed by atoms with Crippen LogP contribution in [0.1, 0.15) is 5.56 Å². The Hall–Kier alpha value is -1.26. The van der Waals surface area contributed by atoms with Crippen molar-refractivity contribution in [3.8, 4) is 0 Å². The molecule has 1 aromatic rings. The van der Waals surface area contributed by atoms with Crippen LogP contribution < -0.4 is 11.1 Å². The number of amidine groups is 1. The molecular formula is C11H14ClN3O. The number of aliphatic imine (C=N–C) groups is 1. The van der Waals surface area contributed by atoms with Crippen LogP contribution in [-0.2, 0) is 11.3 Å². The maximum absolute atomic E-state index is 6.03. The Morgan fingerprint density at radius 3 is 3.00 bits per heavy atom. The van der Waals surface area contributed by atoms with Crippen LogP contribution in [0.3, 0.4) is 0 Å². The molecule has 1 aliphatic rings. The van der Waals surface area contributed by atoms with Crippen molar-refractivity contribution in [2.45, 2.75) is 12.6 Å². The second kappa shape index (κ2) is 5.18. The number of nitrogens with zero attached hydrogens (tertiary/aromatic N) is 1. The minimum absolute atomic E-state index is 0.113. The van der Waals surface area contributed by atoms with Crippen LogP contribution >= 0.6 is 11.6 Å². The molecule has 1 heterocycles. The Morgan fingerprint density at radius 1 is 1.50 bits per heavy atom. The lowest BCUT2D eigenvalue weighted by Crippen LogP contribution is -2.26. The van der Waals surface area contributed by atoms with Crippen molar-refractivity contribution in [1.29, 1.82) is 0 Å². The van der Waals surface area contributed by atoms with Crippen LogP contribution in [0.4, 0.5) is 0 Å². The summed E-state index contributed by atoms with van der Waals surface area (Å²) in [6, 6.07) is 8.16. The molecule has 0 aliphatic carbocycles. The highest BCUT2D eigenvalue weighted by Gasteiger charge is 2.15. The SMILES string of the molecule is NC1=N[C@@H](CNCc2ccccc2Cl)CO1. The first kappa shape index (κ1) is 11.2. The van der Waals surface area contributed by atoms with Crippen LogP contribution in [0.15, 0.2) is 29.3 Å². The van der Waals surface area contributed by atoms with Gasteiger partial charge in [-0.25, -0.2) is 4.99 Å². The van der Waals surface area contributed by atoms with Crippen LogP contribution in [0, 0.1) is 0 Å². The summed E-state index contributed by atoms with van der Waals surface area (Å²) in [6.45, 7) is 2.03. The first-order valence-electron chi connectivity index (χ1n) is 5.16. The molecule has 3 N–H and O–H groups in total. The number of rotatable bonds is 4. The molecule has 0 aromatic heterocycles. The van der Waals surface area contributed by atoms with Crippen LogP contribution in [-0.4, -0.2) is 25.2 Å². The van der Waals surface area contributed by atoms with Crippen molar-refractivity contribution in [2.75, 3.05) is 13.2 Å². The van der Waals surface area contributed by atoms with E-state index in [1.54, 1.807) is 0 Å². The van der Waals surface area contributed by atoms with Crippen LogP contribution in [0.5, 0.6) is 0 Å². The van der Waals surface area contributed by atoms with Gasteiger partial charge in [0.1, 0.15) is 12.6 Å². The van der Waals surface area contributed by atoms with Gasteiger partial charge in [0.25, 0.3) is 6.02 Å². The van der Waals surface area contributed by atoms with Gasteiger partial charge >= 0.3 is 0 Å². The van der Waals surface area contributed by atoms with E-state index in [0.29, 0.717) is 6.61 Å². The molecule has 4 nitrogen and oxygen atoms in total. The highest BCUT2D eigenvalue weighted by Crippen LogP contribution is 2.14. The predicted molar refractivity (Wildman–Crippen MR) is 64.5 cm³/mol. The zero-order valence-electron chi connectivity index (χ0n) is 8.82. The van der Waals surface area contributed by atoms with Crippen molar-refractivity contribution in [3.05, 3.63) is 34.9 Å². The molecule has 2 rings (SSSR count). The summed E-state index contributed by atoms with van der Waals surface area (Å²) in [5.41, 5.74) is 6.49. The molecule has 0 saturated heterocycles. The summed E-state index contributed by atoms with van der Waals surface area (Å²) in [4.78, 5) is 4.12. The molecule has 16 heavy (non-hydrogen) atoms. The molecular weight excluding hydrogens is 226 g/mol. The van der Waals surface area contributed by atoms with Gasteiger partial charge in [0.05, 0.1) is 0 Å². The van der Waals surface area contributed by atoms with Crippen LogP contribution in [0.25, 0.3) is 0 Å². The number of nitrogens with two attached hydrogens (primary N) is 1. The molecule has 0 amide bonds. The third kappa shape index (κ3) is 2.87. The summed E-state index contributed by atoms with van der Waals surface area (Å²) in [6.07, 6.45) is 0. The average Bonchev–Trinajstić information content (AvgIpc) is 2.67. The molecule has 0 spiro atoms. The molecule has 1 aromatic carbocycles. The maximum Gasteiger partial charge on any atom is 0.282 e. The molecule has 0 unspecified atom stereocenters. The van der Waals surface area contributed by atoms with E-state index in [-0.39, 0.29) is 12.1 Å². The highest BCUT2D eigenvalue weighted by atomic mass is 35.5. The lowest BCUT2D eigenvalue weighted by molar-refractivity contribution is 0.309. The highest BCUT2D eigenvalue weighted by molar-refractivity contribution is 6.31. The molecule has 1 aliphatic heterocycles. The summed E-state index contributed by atoms with van der Waals surface area (Å²) in [5, 5.41) is 4.06. The second-order valence-electron chi connectivity index (χ2n) is 3.65. The van der Waals surface area contributed by atoms with Gasteiger partial charge in [0.2, 0.25) is 0 Å². The number of hydrogen-bond donors (Lipinski definition) is 2. The van der Waals surface area contributed by atoms with Crippen molar-refractivity contribution < 1.29 is 4.74 Å². The van der Waals surface area contributed by atoms with Gasteiger partial charge in [0.15, 0.2) is 0 Å². The van der Waals surface area contributed by atoms with Gasteiger partial charge < -0.3 is 15.8 Å². The lowest BCUT2D eigenvalue weighted by atomic mass is 10.2. The minimum atomic E-state index is 0.113. The zero-order chi connectivity index (χ0) is 11.4. The number of nitrogens with one attached hydrogen (secondary N) is 1. The van der Waals surface area contributed by atoms with E-state index in [1.165, 1.54) is 0 Å². The van der Waals surface area contributed by atoms with E-state index < -0.39 is 0 Å². The van der Waals surface area contributed by atoms with E-state index in [4.69, 9.17) is 22.1 Å².